The van der Waals surface area contributed by atoms with Crippen molar-refractivity contribution >= 4 is 22.4 Å². The minimum absolute atomic E-state index is 0.0152. The van der Waals surface area contributed by atoms with Gasteiger partial charge in [-0.1, -0.05) is 44.3 Å². The van der Waals surface area contributed by atoms with Crippen molar-refractivity contribution in [2.45, 2.75) is 39.7 Å². The highest BCUT2D eigenvalue weighted by molar-refractivity contribution is 7.15. The van der Waals surface area contributed by atoms with E-state index >= 15 is 0 Å². The molecule has 0 aromatic carbocycles. The Morgan fingerprint density at radius 1 is 1.55 bits per heavy atom. The number of nitrogens with zero attached hydrogens (tertiary/aromatic N) is 3. The smallest absolute Gasteiger partial charge is 0.240 e. The Bertz CT molecular complexity index is 483. The summed E-state index contributed by atoms with van der Waals surface area (Å²) >= 11 is 1.46. The molecule has 1 amide bonds. The van der Waals surface area contributed by atoms with E-state index in [1.54, 1.807) is 0 Å². The van der Waals surface area contributed by atoms with E-state index in [9.17, 15) is 4.79 Å². The molecule has 1 N–H and O–H groups in total. The highest BCUT2D eigenvalue weighted by Gasteiger charge is 2.24. The van der Waals surface area contributed by atoms with Crippen LogP contribution in [0, 0.1) is 5.92 Å². The third-order valence-electron chi connectivity index (χ3n) is 3.30. The Morgan fingerprint density at radius 3 is 3.05 bits per heavy atom. The standard InChI is InChI=1S/C14H22N4OS/c1-4-6-13-16-17-14(20-13)15-12(19)9-18-8-5-7-11(18)10(2)3/h5,7,10-11H,4,6,8-9H2,1-3H3,(H,15,17,19)/t11-/m0/s1. The molecule has 20 heavy (non-hydrogen) atoms. The van der Waals surface area contributed by atoms with Gasteiger partial charge in [0.25, 0.3) is 0 Å². The van der Waals surface area contributed by atoms with Crippen LogP contribution in [0.3, 0.4) is 0 Å². The third-order valence-corrected chi connectivity index (χ3v) is 4.20. The van der Waals surface area contributed by atoms with Gasteiger partial charge in [-0.25, -0.2) is 0 Å². The van der Waals surface area contributed by atoms with Crippen molar-refractivity contribution in [3.63, 3.8) is 0 Å². The number of rotatable bonds is 6. The lowest BCUT2D eigenvalue weighted by Crippen LogP contribution is -2.39. The van der Waals surface area contributed by atoms with E-state index in [1.807, 2.05) is 0 Å². The summed E-state index contributed by atoms with van der Waals surface area (Å²) in [5.74, 6) is 0.498. The number of carbonyl (C=O) groups excluding carboxylic acids is 1. The van der Waals surface area contributed by atoms with E-state index in [4.69, 9.17) is 0 Å². The summed E-state index contributed by atoms with van der Waals surface area (Å²) in [6, 6.07) is 0.353. The summed E-state index contributed by atoms with van der Waals surface area (Å²) in [5, 5.41) is 12.5. The fourth-order valence-electron chi connectivity index (χ4n) is 2.36. The molecular formula is C14H22N4OS. The molecule has 0 spiro atoms. The van der Waals surface area contributed by atoms with Gasteiger partial charge in [-0.3, -0.25) is 15.0 Å². The van der Waals surface area contributed by atoms with Crippen LogP contribution in [-0.2, 0) is 11.2 Å². The Balaban J connectivity index is 1.85. The summed E-state index contributed by atoms with van der Waals surface area (Å²) in [7, 11) is 0. The minimum Gasteiger partial charge on any atom is -0.299 e. The molecule has 1 aliphatic heterocycles. The Hall–Kier alpha value is -1.27. The van der Waals surface area contributed by atoms with Gasteiger partial charge in [0.05, 0.1) is 6.54 Å². The van der Waals surface area contributed by atoms with E-state index in [2.05, 4.69) is 53.3 Å². The second kappa shape index (κ2) is 6.95. The van der Waals surface area contributed by atoms with Crippen molar-refractivity contribution in [2.75, 3.05) is 18.4 Å². The second-order valence-corrected chi connectivity index (χ2v) is 6.45. The molecule has 0 unspecified atom stereocenters. The number of hydrogen-bond donors (Lipinski definition) is 1. The molecule has 1 aliphatic rings. The summed E-state index contributed by atoms with van der Waals surface area (Å²) in [4.78, 5) is 14.2. The van der Waals surface area contributed by atoms with Crippen LogP contribution >= 0.6 is 11.3 Å². The van der Waals surface area contributed by atoms with Crippen LogP contribution in [0.15, 0.2) is 12.2 Å². The zero-order valence-corrected chi connectivity index (χ0v) is 13.1. The van der Waals surface area contributed by atoms with Crippen molar-refractivity contribution in [1.82, 2.24) is 15.1 Å². The molecule has 0 aliphatic carbocycles. The normalized spacial score (nSPS) is 18.9. The topological polar surface area (TPSA) is 58.1 Å². The average molecular weight is 294 g/mol. The summed E-state index contributed by atoms with van der Waals surface area (Å²) in [6.45, 7) is 7.69. The highest BCUT2D eigenvalue weighted by Crippen LogP contribution is 2.19. The molecule has 0 saturated carbocycles. The zero-order valence-electron chi connectivity index (χ0n) is 12.3. The van der Waals surface area contributed by atoms with Gasteiger partial charge in [-0.2, -0.15) is 0 Å². The average Bonchev–Trinajstić information content (AvgIpc) is 2.99. The first-order valence-corrected chi connectivity index (χ1v) is 7.94. The van der Waals surface area contributed by atoms with E-state index in [1.165, 1.54) is 11.3 Å². The molecular weight excluding hydrogens is 272 g/mol. The molecule has 6 heteroatoms. The number of carbonyl (C=O) groups is 1. The molecule has 0 radical (unpaired) electrons. The molecule has 1 atom stereocenters. The zero-order chi connectivity index (χ0) is 14.5. The maximum atomic E-state index is 12.1. The Kier molecular flexibility index (Phi) is 5.25. The second-order valence-electron chi connectivity index (χ2n) is 5.39. The molecule has 0 fully saturated rings. The Labute approximate surface area is 124 Å². The van der Waals surface area contributed by atoms with E-state index in [0.29, 0.717) is 23.6 Å². The van der Waals surface area contributed by atoms with Gasteiger partial charge in [0, 0.05) is 19.0 Å². The van der Waals surface area contributed by atoms with Crippen molar-refractivity contribution < 1.29 is 4.79 Å². The minimum atomic E-state index is -0.0152. The monoisotopic (exact) mass is 294 g/mol. The van der Waals surface area contributed by atoms with Gasteiger partial charge < -0.3 is 0 Å². The Morgan fingerprint density at radius 2 is 2.35 bits per heavy atom. The number of anilines is 1. The SMILES string of the molecule is CCCc1nnc(NC(=O)CN2CC=C[C@H]2C(C)C)s1. The van der Waals surface area contributed by atoms with Gasteiger partial charge in [0.1, 0.15) is 5.01 Å². The fraction of sp³-hybridized carbons (Fsp3) is 0.643. The van der Waals surface area contributed by atoms with Crippen LogP contribution in [0.1, 0.15) is 32.2 Å². The number of hydrogen-bond acceptors (Lipinski definition) is 5. The first-order chi connectivity index (χ1) is 9.60. The van der Waals surface area contributed by atoms with Gasteiger partial charge in [0.2, 0.25) is 11.0 Å². The van der Waals surface area contributed by atoms with E-state index < -0.39 is 0 Å². The van der Waals surface area contributed by atoms with Gasteiger partial charge in [-0.05, 0) is 12.3 Å². The fourth-order valence-corrected chi connectivity index (χ4v) is 3.21. The molecule has 110 valence electrons. The highest BCUT2D eigenvalue weighted by atomic mass is 32.1. The van der Waals surface area contributed by atoms with Crippen LogP contribution in [0.2, 0.25) is 0 Å². The molecule has 2 rings (SSSR count). The lowest BCUT2D eigenvalue weighted by molar-refractivity contribution is -0.117. The van der Waals surface area contributed by atoms with Crippen LogP contribution in [0.4, 0.5) is 5.13 Å². The molecule has 2 heterocycles. The van der Waals surface area contributed by atoms with Crippen LogP contribution in [-0.4, -0.2) is 40.1 Å². The van der Waals surface area contributed by atoms with Crippen LogP contribution in [0.25, 0.3) is 0 Å². The first-order valence-electron chi connectivity index (χ1n) is 7.13. The van der Waals surface area contributed by atoms with Crippen molar-refractivity contribution in [3.05, 3.63) is 17.2 Å². The van der Waals surface area contributed by atoms with Crippen molar-refractivity contribution in [1.29, 1.82) is 0 Å². The lowest BCUT2D eigenvalue weighted by Gasteiger charge is -2.26. The van der Waals surface area contributed by atoms with Crippen molar-refractivity contribution in [3.8, 4) is 0 Å². The van der Waals surface area contributed by atoms with Gasteiger partial charge in [0.15, 0.2) is 0 Å². The maximum absolute atomic E-state index is 12.1. The third kappa shape index (κ3) is 3.86. The quantitative estimate of drug-likeness (QED) is 0.818. The predicted octanol–water partition coefficient (Wildman–Crippen LogP) is 2.33. The van der Waals surface area contributed by atoms with E-state index in [0.717, 1.165) is 24.4 Å². The molecule has 5 nitrogen and oxygen atoms in total. The van der Waals surface area contributed by atoms with Crippen molar-refractivity contribution in [2.24, 2.45) is 5.92 Å². The van der Waals surface area contributed by atoms with E-state index in [-0.39, 0.29) is 5.91 Å². The van der Waals surface area contributed by atoms with Gasteiger partial charge >= 0.3 is 0 Å². The number of aryl methyl sites for hydroxylation is 1. The van der Waals surface area contributed by atoms with Crippen LogP contribution in [0.5, 0.6) is 0 Å². The number of nitrogens with one attached hydrogen (secondary N) is 1. The maximum Gasteiger partial charge on any atom is 0.240 e. The first kappa shape index (κ1) is 15.1. The summed E-state index contributed by atoms with van der Waals surface area (Å²) < 4.78 is 0. The molecule has 0 saturated heterocycles. The van der Waals surface area contributed by atoms with Gasteiger partial charge in [-0.15, -0.1) is 10.2 Å². The molecule has 0 bridgehead atoms. The molecule has 1 aromatic heterocycles. The van der Waals surface area contributed by atoms with Crippen LogP contribution < -0.4 is 5.32 Å². The summed E-state index contributed by atoms with van der Waals surface area (Å²) in [5.41, 5.74) is 0. The predicted molar refractivity (Wildman–Crippen MR) is 81.9 cm³/mol. The largest absolute Gasteiger partial charge is 0.299 e. The number of aromatic nitrogens is 2. The lowest BCUT2D eigenvalue weighted by atomic mass is 10.0. The molecule has 1 aromatic rings. The number of amides is 1. The summed E-state index contributed by atoms with van der Waals surface area (Å²) in [6.07, 6.45) is 6.27.